The summed E-state index contributed by atoms with van der Waals surface area (Å²) in [5.74, 6) is -0.0544. The van der Waals surface area contributed by atoms with E-state index in [4.69, 9.17) is 5.41 Å². The molecule has 1 atom stereocenters. The minimum Gasteiger partial charge on any atom is -0.278 e. The van der Waals surface area contributed by atoms with E-state index in [0.29, 0.717) is 5.13 Å². The van der Waals surface area contributed by atoms with Crippen molar-refractivity contribution in [3.8, 4) is 0 Å². The molecule has 0 unspecified atom stereocenters. The molecule has 1 aliphatic heterocycles. The predicted octanol–water partition coefficient (Wildman–Crippen LogP) is 3.45. The molecule has 1 aliphatic rings. The van der Waals surface area contributed by atoms with Gasteiger partial charge in [0.05, 0.1) is 5.25 Å². The zero-order chi connectivity index (χ0) is 15.0. The Bertz CT molecular complexity index is 693. The molecule has 3 rings (SSSR count). The molecule has 4 nitrogen and oxygen atoms in total. The molecular formula is C15H15N3OS2. The van der Waals surface area contributed by atoms with Gasteiger partial charge in [-0.2, -0.15) is 0 Å². The standard InChI is InChI=1S/C15H15N3OS2/c1-9-3-5-11(6-4-9)7-12-8-17-15(21-12)18-13(19)10(2)20-14(18)16/h3-6,8,10,16H,7H2,1-2H3/t10-/m1/s1. The van der Waals surface area contributed by atoms with Crippen LogP contribution in [-0.2, 0) is 11.2 Å². The Kier molecular flexibility index (Phi) is 3.82. The van der Waals surface area contributed by atoms with Crippen LogP contribution in [0, 0.1) is 12.3 Å². The number of thioether (sulfide) groups is 1. The minimum absolute atomic E-state index is 0.0544. The molecule has 21 heavy (non-hydrogen) atoms. The lowest BCUT2D eigenvalue weighted by molar-refractivity contribution is -0.116. The highest BCUT2D eigenvalue weighted by Crippen LogP contribution is 2.33. The van der Waals surface area contributed by atoms with Gasteiger partial charge in [-0.25, -0.2) is 9.88 Å². The van der Waals surface area contributed by atoms with Gasteiger partial charge in [0.2, 0.25) is 5.91 Å². The maximum absolute atomic E-state index is 12.1. The van der Waals surface area contributed by atoms with Crippen LogP contribution in [0.1, 0.15) is 22.9 Å². The number of carbonyl (C=O) groups is 1. The third-order valence-corrected chi connectivity index (χ3v) is 5.23. The van der Waals surface area contributed by atoms with Crippen LogP contribution in [0.5, 0.6) is 0 Å². The fourth-order valence-electron chi connectivity index (χ4n) is 2.12. The second-order valence-corrected chi connectivity index (χ2v) is 7.43. The third kappa shape index (κ3) is 2.87. The highest BCUT2D eigenvalue weighted by molar-refractivity contribution is 8.16. The number of nitrogens with one attached hydrogen (secondary N) is 1. The first-order chi connectivity index (χ1) is 10.0. The maximum atomic E-state index is 12.1. The number of benzene rings is 1. The fraction of sp³-hybridized carbons (Fsp3) is 0.267. The Morgan fingerprint density at radius 3 is 2.67 bits per heavy atom. The van der Waals surface area contributed by atoms with E-state index >= 15 is 0 Å². The largest absolute Gasteiger partial charge is 0.278 e. The van der Waals surface area contributed by atoms with E-state index in [1.54, 1.807) is 6.20 Å². The van der Waals surface area contributed by atoms with Crippen molar-refractivity contribution < 1.29 is 4.79 Å². The number of anilines is 1. The van der Waals surface area contributed by atoms with Crippen LogP contribution >= 0.6 is 23.1 Å². The van der Waals surface area contributed by atoms with Gasteiger partial charge in [-0.05, 0) is 19.4 Å². The Balaban J connectivity index is 1.79. The molecule has 6 heteroatoms. The summed E-state index contributed by atoms with van der Waals surface area (Å²) >= 11 is 2.75. The fourth-order valence-corrected chi connectivity index (χ4v) is 3.96. The first kappa shape index (κ1) is 14.3. The average molecular weight is 317 g/mol. The van der Waals surface area contributed by atoms with Crippen LogP contribution in [0.15, 0.2) is 30.5 Å². The summed E-state index contributed by atoms with van der Waals surface area (Å²) in [4.78, 5) is 18.9. The lowest BCUT2D eigenvalue weighted by Crippen LogP contribution is -2.30. The lowest BCUT2D eigenvalue weighted by Gasteiger charge is -2.10. The molecule has 0 bridgehead atoms. The van der Waals surface area contributed by atoms with Crippen molar-refractivity contribution in [2.24, 2.45) is 0 Å². The Morgan fingerprint density at radius 1 is 1.33 bits per heavy atom. The number of amides is 1. The molecule has 1 N–H and O–H groups in total. The van der Waals surface area contributed by atoms with Crippen LogP contribution in [0.3, 0.4) is 0 Å². The van der Waals surface area contributed by atoms with E-state index in [1.165, 1.54) is 39.1 Å². The van der Waals surface area contributed by atoms with E-state index in [2.05, 4.69) is 36.2 Å². The second-order valence-electron chi connectivity index (χ2n) is 5.01. The van der Waals surface area contributed by atoms with E-state index < -0.39 is 0 Å². The van der Waals surface area contributed by atoms with E-state index in [0.717, 1.165) is 11.3 Å². The number of hydrogen-bond donors (Lipinski definition) is 1. The first-order valence-electron chi connectivity index (χ1n) is 6.64. The van der Waals surface area contributed by atoms with Crippen molar-refractivity contribution in [3.05, 3.63) is 46.5 Å². The molecule has 108 valence electrons. The van der Waals surface area contributed by atoms with Crippen molar-refractivity contribution in [3.63, 3.8) is 0 Å². The Hall–Kier alpha value is -1.66. The number of aromatic nitrogens is 1. The predicted molar refractivity (Wildman–Crippen MR) is 88.4 cm³/mol. The molecular weight excluding hydrogens is 302 g/mol. The maximum Gasteiger partial charge on any atom is 0.248 e. The van der Waals surface area contributed by atoms with Gasteiger partial charge in [0.25, 0.3) is 0 Å². The lowest BCUT2D eigenvalue weighted by atomic mass is 10.1. The Morgan fingerprint density at radius 2 is 2.05 bits per heavy atom. The van der Waals surface area contributed by atoms with Crippen LogP contribution in [0.4, 0.5) is 5.13 Å². The number of rotatable bonds is 3. The molecule has 2 heterocycles. The van der Waals surface area contributed by atoms with Gasteiger partial charge >= 0.3 is 0 Å². The summed E-state index contributed by atoms with van der Waals surface area (Å²) in [6, 6.07) is 8.40. The van der Waals surface area contributed by atoms with Crippen molar-refractivity contribution in [2.75, 3.05) is 4.90 Å². The van der Waals surface area contributed by atoms with E-state index in [-0.39, 0.29) is 16.3 Å². The van der Waals surface area contributed by atoms with Crippen LogP contribution in [-0.4, -0.2) is 21.3 Å². The molecule has 0 radical (unpaired) electrons. The molecule has 2 aromatic rings. The summed E-state index contributed by atoms with van der Waals surface area (Å²) in [7, 11) is 0. The van der Waals surface area contributed by atoms with Gasteiger partial charge in [-0.15, -0.1) is 11.3 Å². The van der Waals surface area contributed by atoms with Crippen molar-refractivity contribution in [1.29, 1.82) is 5.41 Å². The zero-order valence-corrected chi connectivity index (χ0v) is 13.4. The quantitative estimate of drug-likeness (QED) is 0.943. The van der Waals surface area contributed by atoms with Crippen LogP contribution in [0.2, 0.25) is 0 Å². The highest BCUT2D eigenvalue weighted by Gasteiger charge is 2.36. The molecule has 1 saturated heterocycles. The van der Waals surface area contributed by atoms with Crippen molar-refractivity contribution in [1.82, 2.24) is 4.98 Å². The monoisotopic (exact) mass is 317 g/mol. The molecule has 1 aromatic heterocycles. The summed E-state index contributed by atoms with van der Waals surface area (Å²) in [5, 5.41) is 8.57. The third-order valence-electron chi connectivity index (χ3n) is 3.29. The van der Waals surface area contributed by atoms with Gasteiger partial charge in [0.15, 0.2) is 10.3 Å². The number of nitrogens with zero attached hydrogens (tertiary/aromatic N) is 2. The number of thiazole rings is 1. The van der Waals surface area contributed by atoms with Gasteiger partial charge < -0.3 is 0 Å². The SMILES string of the molecule is Cc1ccc(Cc2cnc(N3C(=N)S[C@H](C)C3=O)s2)cc1. The van der Waals surface area contributed by atoms with Crippen molar-refractivity contribution in [2.45, 2.75) is 25.5 Å². The average Bonchev–Trinajstić information content (AvgIpc) is 2.98. The van der Waals surface area contributed by atoms with Gasteiger partial charge in [-0.1, -0.05) is 41.6 Å². The van der Waals surface area contributed by atoms with Gasteiger partial charge in [0.1, 0.15) is 0 Å². The number of amidine groups is 1. The van der Waals surface area contributed by atoms with E-state index in [9.17, 15) is 4.79 Å². The van der Waals surface area contributed by atoms with Gasteiger partial charge in [0, 0.05) is 17.5 Å². The molecule has 1 aromatic carbocycles. The summed E-state index contributed by atoms with van der Waals surface area (Å²) < 4.78 is 0. The normalized spacial score (nSPS) is 18.6. The first-order valence-corrected chi connectivity index (χ1v) is 8.33. The number of hydrogen-bond acceptors (Lipinski definition) is 5. The van der Waals surface area contributed by atoms with E-state index in [1.807, 2.05) is 6.92 Å². The topological polar surface area (TPSA) is 57.1 Å². The molecule has 1 fully saturated rings. The molecule has 0 saturated carbocycles. The van der Waals surface area contributed by atoms with Crippen molar-refractivity contribution >= 4 is 39.3 Å². The summed E-state index contributed by atoms with van der Waals surface area (Å²) in [6.45, 7) is 3.89. The second kappa shape index (κ2) is 5.61. The molecule has 1 amide bonds. The number of aryl methyl sites for hydroxylation is 1. The highest BCUT2D eigenvalue weighted by atomic mass is 32.2. The van der Waals surface area contributed by atoms with Gasteiger partial charge in [-0.3, -0.25) is 10.2 Å². The minimum atomic E-state index is -0.193. The number of carbonyl (C=O) groups excluding carboxylic acids is 1. The summed E-state index contributed by atoms with van der Waals surface area (Å²) in [5.41, 5.74) is 2.47. The Labute approximate surface area is 131 Å². The zero-order valence-electron chi connectivity index (χ0n) is 11.8. The summed E-state index contributed by atoms with van der Waals surface area (Å²) in [6.07, 6.45) is 2.60. The molecule has 0 spiro atoms. The smallest absolute Gasteiger partial charge is 0.248 e. The molecule has 0 aliphatic carbocycles. The van der Waals surface area contributed by atoms with Crippen LogP contribution in [0.25, 0.3) is 0 Å². The van der Waals surface area contributed by atoms with Crippen LogP contribution < -0.4 is 4.90 Å².